The molecule has 36 heavy (non-hydrogen) atoms. The van der Waals surface area contributed by atoms with E-state index in [9.17, 15) is 14.4 Å². The van der Waals surface area contributed by atoms with E-state index in [2.05, 4.69) is 20.1 Å². The lowest BCUT2D eigenvalue weighted by Crippen LogP contribution is -2.30. The van der Waals surface area contributed by atoms with Gasteiger partial charge in [0.15, 0.2) is 6.10 Å². The molecule has 190 valence electrons. The third kappa shape index (κ3) is 10.9. The first-order valence-electron chi connectivity index (χ1n) is 11.8. The zero-order valence-corrected chi connectivity index (χ0v) is 20.5. The summed E-state index contributed by atoms with van der Waals surface area (Å²) >= 11 is 0. The highest BCUT2D eigenvalue weighted by molar-refractivity contribution is 5.88. The van der Waals surface area contributed by atoms with Gasteiger partial charge in [0.1, 0.15) is 24.7 Å². The molecule has 0 aromatic heterocycles. The van der Waals surface area contributed by atoms with Crippen LogP contribution in [0.5, 0.6) is 11.5 Å². The van der Waals surface area contributed by atoms with E-state index in [4.69, 9.17) is 18.9 Å². The molecule has 1 atom stereocenters. The molecular formula is C29H32O7. The molecule has 0 saturated carbocycles. The molecule has 7 nitrogen and oxygen atoms in total. The molecule has 0 aliphatic heterocycles. The third-order valence-corrected chi connectivity index (χ3v) is 4.97. The van der Waals surface area contributed by atoms with Gasteiger partial charge < -0.3 is 18.9 Å². The van der Waals surface area contributed by atoms with E-state index >= 15 is 0 Å². The van der Waals surface area contributed by atoms with Crippen molar-refractivity contribution in [1.82, 2.24) is 0 Å². The highest BCUT2D eigenvalue weighted by Gasteiger charge is 2.16. The van der Waals surface area contributed by atoms with Crippen molar-refractivity contribution >= 4 is 24.0 Å². The van der Waals surface area contributed by atoms with Crippen LogP contribution < -0.4 is 9.47 Å². The van der Waals surface area contributed by atoms with Crippen LogP contribution in [-0.4, -0.2) is 37.2 Å². The van der Waals surface area contributed by atoms with E-state index in [-0.39, 0.29) is 13.2 Å². The molecule has 7 heteroatoms. The third-order valence-electron chi connectivity index (χ3n) is 4.97. The average molecular weight is 493 g/mol. The summed E-state index contributed by atoms with van der Waals surface area (Å²) in [6, 6.07) is 14.5. The van der Waals surface area contributed by atoms with Crippen LogP contribution in [0.15, 0.2) is 79.9 Å². The summed E-state index contributed by atoms with van der Waals surface area (Å²) in [4.78, 5) is 34.9. The Kier molecular flexibility index (Phi) is 12.3. The molecule has 0 fully saturated rings. The van der Waals surface area contributed by atoms with Gasteiger partial charge in [-0.05, 0) is 54.3 Å². The molecule has 0 bridgehead atoms. The molecule has 0 aliphatic carbocycles. The Bertz CT molecular complexity index is 1040. The largest absolute Gasteiger partial charge is 0.490 e. The summed E-state index contributed by atoms with van der Waals surface area (Å²) in [5.41, 5.74) is 1.99. The number of esters is 3. The predicted octanol–water partition coefficient (Wildman–Crippen LogP) is 5.24. The Balaban J connectivity index is 1.84. The molecule has 0 saturated heterocycles. The molecule has 0 amide bonds. The molecule has 0 aliphatic rings. The van der Waals surface area contributed by atoms with Crippen LogP contribution in [-0.2, 0) is 30.3 Å². The van der Waals surface area contributed by atoms with Gasteiger partial charge in [0, 0.05) is 18.2 Å². The van der Waals surface area contributed by atoms with Gasteiger partial charge in [-0.3, -0.25) is 0 Å². The normalized spacial score (nSPS) is 11.4. The van der Waals surface area contributed by atoms with E-state index < -0.39 is 24.0 Å². The zero-order valence-electron chi connectivity index (χ0n) is 20.5. The van der Waals surface area contributed by atoms with Crippen LogP contribution in [0.3, 0.4) is 0 Å². The first-order valence-corrected chi connectivity index (χ1v) is 11.8. The van der Waals surface area contributed by atoms with E-state index in [0.717, 1.165) is 30.6 Å². The molecule has 2 aromatic carbocycles. The lowest BCUT2D eigenvalue weighted by molar-refractivity contribution is -0.154. The highest BCUT2D eigenvalue weighted by atomic mass is 16.6. The van der Waals surface area contributed by atoms with E-state index in [0.29, 0.717) is 11.5 Å². The summed E-state index contributed by atoms with van der Waals surface area (Å²) in [7, 11) is 0. The van der Waals surface area contributed by atoms with Crippen molar-refractivity contribution in [3.05, 3.63) is 91.0 Å². The number of benzene rings is 2. The first kappa shape index (κ1) is 28.1. The fraction of sp³-hybridized carbons (Fsp3) is 0.276. The first-order chi connectivity index (χ1) is 17.4. The van der Waals surface area contributed by atoms with Crippen LogP contribution >= 0.6 is 0 Å². The fourth-order valence-corrected chi connectivity index (χ4v) is 3.04. The van der Waals surface area contributed by atoms with Crippen molar-refractivity contribution < 1.29 is 33.3 Å². The van der Waals surface area contributed by atoms with Crippen LogP contribution in [0.1, 0.15) is 37.3 Å². The molecule has 0 spiro atoms. The van der Waals surface area contributed by atoms with Gasteiger partial charge in [-0.25, -0.2) is 14.4 Å². The number of rotatable bonds is 15. The summed E-state index contributed by atoms with van der Waals surface area (Å²) in [6.45, 7) is 8.61. The second-order valence-electron chi connectivity index (χ2n) is 7.83. The Hall–Kier alpha value is -4.13. The van der Waals surface area contributed by atoms with Gasteiger partial charge in [0.05, 0.1) is 0 Å². The number of carbonyl (C=O) groups excluding carboxylic acids is 3. The Morgan fingerprint density at radius 3 is 2.14 bits per heavy atom. The standard InChI is InChI=1S/C29H32O7/c1-4-7-8-9-22-12-17-25(18-13-22)35-29(32)19-14-23-10-15-24(16-11-23)33-20-26(36-28(31)6-3)21-34-27(30)5-2/h5-6,10-19,26H,2-4,7-9,20-21H2,1H3. The van der Waals surface area contributed by atoms with Gasteiger partial charge in [0.25, 0.3) is 0 Å². The second-order valence-corrected chi connectivity index (χ2v) is 7.83. The molecule has 0 N–H and O–H groups in total. The van der Waals surface area contributed by atoms with Crippen molar-refractivity contribution in [2.45, 2.75) is 38.7 Å². The summed E-state index contributed by atoms with van der Waals surface area (Å²) in [5.74, 6) is -0.770. The minimum absolute atomic E-state index is 0.0388. The molecular weight excluding hydrogens is 460 g/mol. The summed E-state index contributed by atoms with van der Waals surface area (Å²) in [5, 5.41) is 0. The van der Waals surface area contributed by atoms with Gasteiger partial charge in [-0.15, -0.1) is 0 Å². The SMILES string of the molecule is C=CC(=O)OCC(COc1ccc(C=CC(=O)Oc2ccc(CCCCC)cc2)cc1)OC(=O)C=C. The number of carbonyl (C=O) groups is 3. The maximum atomic E-state index is 12.1. The topological polar surface area (TPSA) is 88.1 Å². The van der Waals surface area contributed by atoms with Crippen molar-refractivity contribution in [3.63, 3.8) is 0 Å². The Morgan fingerprint density at radius 1 is 0.833 bits per heavy atom. The quantitative estimate of drug-likeness (QED) is 0.145. The molecule has 2 rings (SSSR count). The number of hydrogen-bond donors (Lipinski definition) is 0. The molecule has 0 radical (unpaired) electrons. The van der Waals surface area contributed by atoms with Crippen LogP contribution in [0.4, 0.5) is 0 Å². The number of hydrogen-bond acceptors (Lipinski definition) is 7. The minimum Gasteiger partial charge on any atom is -0.490 e. The van der Waals surface area contributed by atoms with Crippen LogP contribution in [0.25, 0.3) is 6.08 Å². The van der Waals surface area contributed by atoms with E-state index in [1.54, 1.807) is 42.5 Å². The van der Waals surface area contributed by atoms with Crippen molar-refractivity contribution in [2.75, 3.05) is 13.2 Å². The Morgan fingerprint density at radius 2 is 1.50 bits per heavy atom. The van der Waals surface area contributed by atoms with Crippen LogP contribution in [0, 0.1) is 0 Å². The summed E-state index contributed by atoms with van der Waals surface area (Å²) in [6.07, 6.45) is 8.74. The van der Waals surface area contributed by atoms with Crippen molar-refractivity contribution in [3.8, 4) is 11.5 Å². The molecule has 2 aromatic rings. The zero-order chi connectivity index (χ0) is 26.2. The predicted molar refractivity (Wildman–Crippen MR) is 138 cm³/mol. The number of unbranched alkanes of at least 4 members (excludes halogenated alkanes) is 2. The maximum Gasteiger partial charge on any atom is 0.336 e. The minimum atomic E-state index is -0.820. The Labute approximate surface area is 212 Å². The average Bonchev–Trinajstić information content (AvgIpc) is 2.90. The van der Waals surface area contributed by atoms with Gasteiger partial charge in [0.2, 0.25) is 0 Å². The summed E-state index contributed by atoms with van der Waals surface area (Å²) < 4.78 is 21.0. The second kappa shape index (κ2) is 15.7. The molecule has 1 unspecified atom stereocenters. The van der Waals surface area contributed by atoms with Crippen LogP contribution in [0.2, 0.25) is 0 Å². The number of aryl methyl sites for hydroxylation is 1. The molecule has 0 heterocycles. The van der Waals surface area contributed by atoms with E-state index in [1.165, 1.54) is 24.5 Å². The van der Waals surface area contributed by atoms with Crippen molar-refractivity contribution in [2.24, 2.45) is 0 Å². The van der Waals surface area contributed by atoms with E-state index in [1.807, 2.05) is 12.1 Å². The fourth-order valence-electron chi connectivity index (χ4n) is 3.04. The monoisotopic (exact) mass is 492 g/mol. The lowest BCUT2D eigenvalue weighted by Gasteiger charge is -2.17. The maximum absolute atomic E-state index is 12.1. The lowest BCUT2D eigenvalue weighted by atomic mass is 10.1. The number of ether oxygens (including phenoxy) is 4. The highest BCUT2D eigenvalue weighted by Crippen LogP contribution is 2.16. The van der Waals surface area contributed by atoms with Gasteiger partial charge in [-0.2, -0.15) is 0 Å². The van der Waals surface area contributed by atoms with Gasteiger partial charge in [-0.1, -0.05) is 57.2 Å². The van der Waals surface area contributed by atoms with Crippen molar-refractivity contribution in [1.29, 1.82) is 0 Å². The smallest absolute Gasteiger partial charge is 0.336 e. The van der Waals surface area contributed by atoms with Gasteiger partial charge >= 0.3 is 17.9 Å².